The number of methoxy groups -OCH3 is 3. The normalized spacial score (nSPS) is 10.7. The highest BCUT2D eigenvalue weighted by Gasteiger charge is 2.23. The molecule has 3 aromatic rings. The van der Waals surface area contributed by atoms with Gasteiger partial charge in [-0.25, -0.2) is 0 Å². The second-order valence-corrected chi connectivity index (χ2v) is 5.05. The van der Waals surface area contributed by atoms with Crippen LogP contribution in [0, 0.1) is 13.8 Å². The largest absolute Gasteiger partial charge is 0.493 e. The second kappa shape index (κ2) is 6.19. The molecule has 0 saturated carbocycles. The Morgan fingerprint density at radius 1 is 1.00 bits per heavy atom. The number of H-pyrrole nitrogens is 1. The van der Waals surface area contributed by atoms with Gasteiger partial charge in [0.2, 0.25) is 5.75 Å². The van der Waals surface area contributed by atoms with Gasteiger partial charge in [-0.15, -0.1) is 5.10 Å². The molecule has 0 fully saturated rings. The molecule has 3 rings (SSSR count). The molecule has 0 aliphatic carbocycles. The van der Waals surface area contributed by atoms with Gasteiger partial charge in [-0.1, -0.05) is 5.10 Å². The molecular weight excluding hydrogens is 312 g/mol. The van der Waals surface area contributed by atoms with E-state index in [4.69, 9.17) is 14.2 Å². The highest BCUT2D eigenvalue weighted by atomic mass is 16.5. The first kappa shape index (κ1) is 15.8. The van der Waals surface area contributed by atoms with Gasteiger partial charge in [0.1, 0.15) is 0 Å². The van der Waals surface area contributed by atoms with E-state index < -0.39 is 0 Å². The van der Waals surface area contributed by atoms with Gasteiger partial charge >= 0.3 is 0 Å². The van der Waals surface area contributed by atoms with E-state index in [1.165, 1.54) is 0 Å². The lowest BCUT2D eigenvalue weighted by Gasteiger charge is -2.16. The predicted molar refractivity (Wildman–Crippen MR) is 85.9 cm³/mol. The molecule has 0 amide bonds. The Balaban J connectivity index is 2.23. The van der Waals surface area contributed by atoms with E-state index in [9.17, 15) is 0 Å². The molecule has 0 atom stereocenters. The van der Waals surface area contributed by atoms with Gasteiger partial charge in [-0.3, -0.25) is 0 Å². The first-order chi connectivity index (χ1) is 11.6. The fraction of sp³-hybridized carbons (Fsp3) is 0.333. The summed E-state index contributed by atoms with van der Waals surface area (Å²) < 4.78 is 18.0. The van der Waals surface area contributed by atoms with Crippen LogP contribution < -0.4 is 14.2 Å². The number of ether oxygens (including phenoxy) is 3. The zero-order valence-corrected chi connectivity index (χ0v) is 14.1. The summed E-state index contributed by atoms with van der Waals surface area (Å²) >= 11 is 0. The van der Waals surface area contributed by atoms with Crippen LogP contribution in [0.2, 0.25) is 0 Å². The van der Waals surface area contributed by atoms with Crippen molar-refractivity contribution in [2.45, 2.75) is 13.8 Å². The number of rotatable bonds is 5. The van der Waals surface area contributed by atoms with Crippen molar-refractivity contribution in [1.29, 1.82) is 0 Å². The number of aromatic amines is 1. The maximum absolute atomic E-state index is 5.58. The van der Waals surface area contributed by atoms with E-state index in [-0.39, 0.29) is 0 Å². The molecular formula is C15H18N6O3. The minimum atomic E-state index is 0.376. The van der Waals surface area contributed by atoms with Crippen LogP contribution in [-0.4, -0.2) is 51.7 Å². The van der Waals surface area contributed by atoms with Crippen molar-refractivity contribution >= 4 is 0 Å². The smallest absolute Gasteiger partial charge is 0.290 e. The van der Waals surface area contributed by atoms with E-state index >= 15 is 0 Å². The number of aryl methyl sites for hydroxylation is 1. The molecule has 0 spiro atoms. The first-order valence-electron chi connectivity index (χ1n) is 7.21. The van der Waals surface area contributed by atoms with Crippen LogP contribution in [0.4, 0.5) is 0 Å². The minimum Gasteiger partial charge on any atom is -0.493 e. The minimum absolute atomic E-state index is 0.376. The fourth-order valence-corrected chi connectivity index (χ4v) is 2.77. The molecule has 1 aromatic carbocycles. The third kappa shape index (κ3) is 2.34. The number of tetrazole rings is 1. The van der Waals surface area contributed by atoms with E-state index in [0.717, 1.165) is 22.5 Å². The molecule has 9 heteroatoms. The number of benzene rings is 1. The van der Waals surface area contributed by atoms with Crippen LogP contribution >= 0.6 is 0 Å². The van der Waals surface area contributed by atoms with Crippen molar-refractivity contribution in [3.63, 3.8) is 0 Å². The molecule has 0 aliphatic heterocycles. The van der Waals surface area contributed by atoms with Crippen molar-refractivity contribution in [2.24, 2.45) is 0 Å². The highest BCUT2D eigenvalue weighted by molar-refractivity contribution is 5.79. The molecule has 0 aliphatic rings. The maximum atomic E-state index is 5.58. The lowest BCUT2D eigenvalue weighted by molar-refractivity contribution is 0.325. The van der Waals surface area contributed by atoms with Gasteiger partial charge < -0.3 is 14.2 Å². The molecule has 2 heterocycles. The van der Waals surface area contributed by atoms with Gasteiger partial charge in [0.25, 0.3) is 5.95 Å². The van der Waals surface area contributed by atoms with E-state index in [0.29, 0.717) is 23.2 Å². The SMILES string of the molecule is COc1ccc(-c2c(C)nn(-c3nn[nH]n3)c2C)c(OC)c1OC. The number of aromatic nitrogens is 6. The third-order valence-corrected chi connectivity index (χ3v) is 3.79. The van der Waals surface area contributed by atoms with Gasteiger partial charge in [-0.2, -0.15) is 15.0 Å². The first-order valence-corrected chi connectivity index (χ1v) is 7.21. The Hall–Kier alpha value is -3.10. The molecule has 1 N–H and O–H groups in total. The summed E-state index contributed by atoms with van der Waals surface area (Å²) in [4.78, 5) is 0. The molecule has 24 heavy (non-hydrogen) atoms. The summed E-state index contributed by atoms with van der Waals surface area (Å²) in [6.45, 7) is 3.84. The summed E-state index contributed by atoms with van der Waals surface area (Å²) in [5.41, 5.74) is 3.43. The molecule has 9 nitrogen and oxygen atoms in total. The quantitative estimate of drug-likeness (QED) is 0.760. The van der Waals surface area contributed by atoms with Gasteiger partial charge in [-0.05, 0) is 31.2 Å². The van der Waals surface area contributed by atoms with Crippen LogP contribution in [-0.2, 0) is 0 Å². The molecule has 0 bridgehead atoms. The highest BCUT2D eigenvalue weighted by Crippen LogP contribution is 2.45. The number of nitrogens with zero attached hydrogens (tertiary/aromatic N) is 5. The third-order valence-electron chi connectivity index (χ3n) is 3.79. The standard InChI is InChI=1S/C15H18N6O3/c1-8-12(9(2)21(18-8)15-16-19-20-17-15)10-6-7-11(22-3)14(24-5)13(10)23-4/h6-7H,1-5H3,(H,16,17,19,20). The summed E-state index contributed by atoms with van der Waals surface area (Å²) in [7, 11) is 4.75. The van der Waals surface area contributed by atoms with Crippen molar-refractivity contribution in [3.05, 3.63) is 23.5 Å². The lowest BCUT2D eigenvalue weighted by atomic mass is 10.0. The van der Waals surface area contributed by atoms with Crippen LogP contribution in [0.3, 0.4) is 0 Å². The molecule has 126 valence electrons. The number of hydrogen-bond acceptors (Lipinski definition) is 7. The van der Waals surface area contributed by atoms with Crippen LogP contribution in [0.15, 0.2) is 12.1 Å². The van der Waals surface area contributed by atoms with Crippen LogP contribution in [0.1, 0.15) is 11.4 Å². The molecule has 0 unspecified atom stereocenters. The van der Waals surface area contributed by atoms with Crippen LogP contribution in [0.25, 0.3) is 17.1 Å². The number of hydrogen-bond donors (Lipinski definition) is 1. The van der Waals surface area contributed by atoms with Gasteiger partial charge in [0.05, 0.1) is 32.7 Å². The lowest BCUT2D eigenvalue weighted by Crippen LogP contribution is -2.02. The Morgan fingerprint density at radius 2 is 1.75 bits per heavy atom. The molecule has 0 saturated heterocycles. The zero-order chi connectivity index (χ0) is 17.3. The zero-order valence-electron chi connectivity index (χ0n) is 14.1. The van der Waals surface area contributed by atoms with Crippen molar-refractivity contribution in [2.75, 3.05) is 21.3 Å². The summed E-state index contributed by atoms with van der Waals surface area (Å²) in [5.74, 6) is 2.08. The number of nitrogens with one attached hydrogen (secondary N) is 1. The Morgan fingerprint density at radius 3 is 2.33 bits per heavy atom. The fourth-order valence-electron chi connectivity index (χ4n) is 2.77. The van der Waals surface area contributed by atoms with E-state index in [1.54, 1.807) is 26.0 Å². The molecule has 2 aromatic heterocycles. The van der Waals surface area contributed by atoms with Crippen molar-refractivity contribution in [1.82, 2.24) is 30.4 Å². The Labute approximate surface area is 138 Å². The van der Waals surface area contributed by atoms with E-state index in [2.05, 4.69) is 25.7 Å². The van der Waals surface area contributed by atoms with Gasteiger partial charge in [0, 0.05) is 11.1 Å². The molecule has 0 radical (unpaired) electrons. The maximum Gasteiger partial charge on any atom is 0.290 e. The van der Waals surface area contributed by atoms with Gasteiger partial charge in [0.15, 0.2) is 11.5 Å². The average Bonchev–Trinajstić information content (AvgIpc) is 3.21. The monoisotopic (exact) mass is 330 g/mol. The van der Waals surface area contributed by atoms with E-state index in [1.807, 2.05) is 26.0 Å². The Bertz CT molecular complexity index is 857. The Kier molecular flexibility index (Phi) is 4.07. The van der Waals surface area contributed by atoms with Crippen LogP contribution in [0.5, 0.6) is 17.2 Å². The predicted octanol–water partition coefficient (Wildman–Crippen LogP) is 1.70. The van der Waals surface area contributed by atoms with Crippen molar-refractivity contribution in [3.8, 4) is 34.3 Å². The summed E-state index contributed by atoms with van der Waals surface area (Å²) in [6, 6.07) is 3.75. The summed E-state index contributed by atoms with van der Waals surface area (Å²) in [5, 5.41) is 18.5. The summed E-state index contributed by atoms with van der Waals surface area (Å²) in [6.07, 6.45) is 0. The van der Waals surface area contributed by atoms with Crippen molar-refractivity contribution < 1.29 is 14.2 Å². The average molecular weight is 330 g/mol. The second-order valence-electron chi connectivity index (χ2n) is 5.05. The topological polar surface area (TPSA) is 100.0 Å².